The molecule has 2 aromatic rings. The average molecular weight is 387 g/mol. The lowest BCUT2D eigenvalue weighted by Gasteiger charge is -2.22. The van der Waals surface area contributed by atoms with Crippen molar-refractivity contribution < 1.29 is 19.4 Å². The Morgan fingerprint density at radius 1 is 1.29 bits per heavy atom. The first kappa shape index (κ1) is 20.4. The zero-order valence-corrected chi connectivity index (χ0v) is 16.9. The van der Waals surface area contributed by atoms with Crippen LogP contribution in [0.4, 0.5) is 10.6 Å². The molecule has 0 spiro atoms. The third-order valence-electron chi connectivity index (χ3n) is 5.00. The molecule has 2 N–H and O–H groups in total. The van der Waals surface area contributed by atoms with Gasteiger partial charge in [0.25, 0.3) is 0 Å². The van der Waals surface area contributed by atoms with E-state index in [1.807, 2.05) is 57.2 Å². The number of hydrogen-bond acceptors (Lipinski definition) is 5. The first-order chi connectivity index (χ1) is 13.3. The summed E-state index contributed by atoms with van der Waals surface area (Å²) in [4.78, 5) is 12.3. The first-order valence-corrected chi connectivity index (χ1v) is 9.57. The van der Waals surface area contributed by atoms with Crippen LogP contribution in [0, 0.1) is 0 Å². The van der Waals surface area contributed by atoms with Gasteiger partial charge >= 0.3 is 6.09 Å². The number of nitrogens with zero attached hydrogens (tertiary/aromatic N) is 2. The highest BCUT2D eigenvalue weighted by molar-refractivity contribution is 5.83. The number of carbonyl (C=O) groups is 1. The molecule has 0 bridgehead atoms. The number of anilines is 1. The van der Waals surface area contributed by atoms with Crippen LogP contribution in [0.2, 0.25) is 0 Å². The molecule has 1 aromatic carbocycles. The second-order valence-corrected chi connectivity index (χ2v) is 8.23. The van der Waals surface area contributed by atoms with Gasteiger partial charge in [0.15, 0.2) is 0 Å². The summed E-state index contributed by atoms with van der Waals surface area (Å²) in [6.45, 7) is 6.26. The van der Waals surface area contributed by atoms with E-state index in [-0.39, 0.29) is 24.2 Å². The smallest absolute Gasteiger partial charge is 0.413 e. The highest BCUT2D eigenvalue weighted by Gasteiger charge is 2.36. The van der Waals surface area contributed by atoms with Crippen LogP contribution in [0.15, 0.2) is 36.4 Å². The largest absolute Gasteiger partial charge is 0.444 e. The zero-order valence-electron chi connectivity index (χ0n) is 16.9. The molecule has 3 rings (SSSR count). The summed E-state index contributed by atoms with van der Waals surface area (Å²) >= 11 is 0. The van der Waals surface area contributed by atoms with Gasteiger partial charge in [0.1, 0.15) is 12.4 Å². The summed E-state index contributed by atoms with van der Waals surface area (Å²) in [5, 5.41) is 17.7. The molecule has 1 fully saturated rings. The number of benzene rings is 1. The number of hydrogen-bond donors (Lipinski definition) is 2. The van der Waals surface area contributed by atoms with E-state index in [0.29, 0.717) is 18.7 Å². The topological polar surface area (TPSA) is 85.6 Å². The van der Waals surface area contributed by atoms with Crippen LogP contribution in [-0.4, -0.2) is 40.3 Å². The number of methoxy groups -OCH3 is 1. The summed E-state index contributed by atoms with van der Waals surface area (Å²) in [7, 11) is 1.61. The predicted octanol–water partition coefficient (Wildman–Crippen LogP) is 3.64. The van der Waals surface area contributed by atoms with E-state index >= 15 is 0 Å². The molecule has 1 aliphatic rings. The fraction of sp³-hybridized carbons (Fsp3) is 0.524. The van der Waals surface area contributed by atoms with Gasteiger partial charge in [0.05, 0.1) is 23.4 Å². The van der Waals surface area contributed by atoms with Crippen molar-refractivity contribution in [2.24, 2.45) is 0 Å². The minimum Gasteiger partial charge on any atom is -0.444 e. The molecule has 0 saturated heterocycles. The van der Waals surface area contributed by atoms with E-state index in [4.69, 9.17) is 14.6 Å². The molecule has 28 heavy (non-hydrogen) atoms. The van der Waals surface area contributed by atoms with Crippen LogP contribution in [0.3, 0.4) is 0 Å². The number of rotatable bonds is 5. The first-order valence-electron chi connectivity index (χ1n) is 9.57. The number of amides is 1. The highest BCUT2D eigenvalue weighted by atomic mass is 16.5. The highest BCUT2D eigenvalue weighted by Crippen LogP contribution is 2.37. The fourth-order valence-corrected chi connectivity index (χ4v) is 3.53. The molecule has 0 unspecified atom stereocenters. The van der Waals surface area contributed by atoms with Gasteiger partial charge in [-0.15, -0.1) is 0 Å². The van der Waals surface area contributed by atoms with Crippen molar-refractivity contribution >= 4 is 11.9 Å². The molecular weight excluding hydrogens is 358 g/mol. The lowest BCUT2D eigenvalue weighted by molar-refractivity contribution is 0.00981. The maximum Gasteiger partial charge on any atom is 0.413 e. The van der Waals surface area contributed by atoms with Crippen molar-refractivity contribution in [3.8, 4) is 0 Å². The van der Waals surface area contributed by atoms with E-state index in [2.05, 4.69) is 5.32 Å². The summed E-state index contributed by atoms with van der Waals surface area (Å²) in [6.07, 6.45) is 0.0926. The van der Waals surface area contributed by atoms with Crippen LogP contribution in [-0.2, 0) is 21.6 Å². The number of ether oxygens (including phenoxy) is 2. The predicted molar refractivity (Wildman–Crippen MR) is 106 cm³/mol. The van der Waals surface area contributed by atoms with Crippen molar-refractivity contribution in [3.05, 3.63) is 47.7 Å². The van der Waals surface area contributed by atoms with Crippen molar-refractivity contribution in [1.82, 2.24) is 9.78 Å². The van der Waals surface area contributed by atoms with Crippen LogP contribution < -0.4 is 5.32 Å². The second-order valence-electron chi connectivity index (χ2n) is 8.23. The summed E-state index contributed by atoms with van der Waals surface area (Å²) in [6, 6.07) is 11.4. The van der Waals surface area contributed by atoms with Crippen molar-refractivity contribution in [1.29, 1.82) is 0 Å². The molecule has 3 atom stereocenters. The summed E-state index contributed by atoms with van der Waals surface area (Å²) in [5.41, 5.74) is 1.44. The maximum atomic E-state index is 12.3. The Bertz CT molecular complexity index is 798. The van der Waals surface area contributed by atoms with Gasteiger partial charge in [-0.1, -0.05) is 30.3 Å². The Morgan fingerprint density at radius 2 is 2.00 bits per heavy atom. The number of aliphatic hydroxyl groups excluding tert-OH is 1. The second kappa shape index (κ2) is 8.32. The van der Waals surface area contributed by atoms with E-state index in [0.717, 1.165) is 11.3 Å². The van der Waals surface area contributed by atoms with Gasteiger partial charge < -0.3 is 14.6 Å². The van der Waals surface area contributed by atoms with Gasteiger partial charge in [-0.05, 0) is 39.2 Å². The lowest BCUT2D eigenvalue weighted by Crippen LogP contribution is -2.27. The number of carbonyl (C=O) groups excluding carboxylic acids is 1. The number of aromatic nitrogens is 2. The minimum absolute atomic E-state index is 0.0874. The van der Waals surface area contributed by atoms with E-state index in [1.54, 1.807) is 11.8 Å². The van der Waals surface area contributed by atoms with Gasteiger partial charge in [-0.25, -0.2) is 9.48 Å². The van der Waals surface area contributed by atoms with Crippen molar-refractivity contribution in [2.45, 2.75) is 63.9 Å². The Hall–Kier alpha value is -2.38. The number of aliphatic hydroxyl groups is 1. The normalized spacial score (nSPS) is 22.2. The van der Waals surface area contributed by atoms with Gasteiger partial charge in [0.2, 0.25) is 0 Å². The van der Waals surface area contributed by atoms with E-state index < -0.39 is 12.2 Å². The molecule has 1 aliphatic carbocycles. The van der Waals surface area contributed by atoms with Gasteiger partial charge in [0, 0.05) is 19.1 Å². The van der Waals surface area contributed by atoms with Crippen molar-refractivity contribution in [2.75, 3.05) is 12.4 Å². The Morgan fingerprint density at radius 3 is 2.61 bits per heavy atom. The van der Waals surface area contributed by atoms with E-state index in [9.17, 15) is 9.90 Å². The SMILES string of the molecule is CO[C@@H]1C[C@H](c2cc(NC(=O)OCc3ccccc3)n(C(C)(C)C)n2)C[C@@H]1O. The third kappa shape index (κ3) is 4.72. The van der Waals surface area contributed by atoms with Crippen LogP contribution in [0.1, 0.15) is 50.8 Å². The molecule has 0 aliphatic heterocycles. The van der Waals surface area contributed by atoms with Gasteiger partial charge in [-0.2, -0.15) is 5.10 Å². The quantitative estimate of drug-likeness (QED) is 0.818. The standard InChI is InChI=1S/C21H29N3O4/c1-21(2,3)24-19(22-20(26)28-13-14-8-6-5-7-9-14)12-16(23-24)15-10-17(25)18(11-15)27-4/h5-9,12,15,17-18,25H,10-11,13H2,1-4H3,(H,22,26)/t15-,17+,18-/m1/s1. The Balaban J connectivity index is 1.72. The zero-order chi connectivity index (χ0) is 20.3. The average Bonchev–Trinajstić information content (AvgIpc) is 3.24. The summed E-state index contributed by atoms with van der Waals surface area (Å²) in [5.74, 6) is 0.667. The maximum absolute atomic E-state index is 12.3. The lowest BCUT2D eigenvalue weighted by atomic mass is 10.0. The minimum atomic E-state index is -0.526. The van der Waals surface area contributed by atoms with Crippen molar-refractivity contribution in [3.63, 3.8) is 0 Å². The molecule has 152 valence electrons. The molecule has 7 heteroatoms. The van der Waals surface area contributed by atoms with Gasteiger partial charge in [-0.3, -0.25) is 5.32 Å². The van der Waals surface area contributed by atoms with Crippen LogP contribution in [0.25, 0.3) is 0 Å². The molecule has 1 saturated carbocycles. The Labute approximate surface area is 165 Å². The van der Waals surface area contributed by atoms with E-state index in [1.165, 1.54) is 0 Å². The Kier molecular flexibility index (Phi) is 6.05. The monoisotopic (exact) mass is 387 g/mol. The molecule has 7 nitrogen and oxygen atoms in total. The fourth-order valence-electron chi connectivity index (χ4n) is 3.53. The molecular formula is C21H29N3O4. The van der Waals surface area contributed by atoms with Crippen LogP contribution in [0.5, 0.6) is 0 Å². The molecule has 0 radical (unpaired) electrons. The molecule has 1 amide bonds. The number of nitrogens with one attached hydrogen (secondary N) is 1. The third-order valence-corrected chi connectivity index (χ3v) is 5.00. The summed E-state index contributed by atoms with van der Waals surface area (Å²) < 4.78 is 12.5. The molecule has 1 heterocycles. The molecule has 1 aromatic heterocycles. The van der Waals surface area contributed by atoms with Crippen LogP contribution >= 0.6 is 0 Å².